The molecule has 0 unspecified atom stereocenters. The standard InChI is InChI=1S/C15H14BrFN2O/c1-9-7-10(18-2)3-5-12(9)15(20)19-11-4-6-13(16)14(17)8-11/h3-8,18H,1-2H3,(H,19,20). The molecule has 0 bridgehead atoms. The van der Waals surface area contributed by atoms with E-state index in [2.05, 4.69) is 26.6 Å². The lowest BCUT2D eigenvalue weighted by Crippen LogP contribution is -2.13. The molecular formula is C15H14BrFN2O. The van der Waals surface area contributed by atoms with Crippen molar-refractivity contribution >= 4 is 33.2 Å². The van der Waals surface area contributed by atoms with Crippen molar-refractivity contribution in [3.63, 3.8) is 0 Å². The highest BCUT2D eigenvalue weighted by Crippen LogP contribution is 2.21. The minimum Gasteiger partial charge on any atom is -0.388 e. The zero-order chi connectivity index (χ0) is 14.7. The summed E-state index contributed by atoms with van der Waals surface area (Å²) in [5.41, 5.74) is 2.78. The molecule has 0 radical (unpaired) electrons. The Morgan fingerprint density at radius 1 is 1.15 bits per heavy atom. The summed E-state index contributed by atoms with van der Waals surface area (Å²) in [5, 5.41) is 5.70. The molecule has 2 aromatic rings. The maximum absolute atomic E-state index is 13.4. The first-order valence-electron chi connectivity index (χ1n) is 6.06. The quantitative estimate of drug-likeness (QED) is 0.882. The molecule has 0 aliphatic heterocycles. The third kappa shape index (κ3) is 3.17. The summed E-state index contributed by atoms with van der Waals surface area (Å²) in [6.45, 7) is 1.86. The molecule has 2 N–H and O–H groups in total. The van der Waals surface area contributed by atoms with Gasteiger partial charge in [-0.15, -0.1) is 0 Å². The highest BCUT2D eigenvalue weighted by atomic mass is 79.9. The van der Waals surface area contributed by atoms with Crippen LogP contribution in [-0.4, -0.2) is 13.0 Å². The van der Waals surface area contributed by atoms with Crippen LogP contribution in [0.1, 0.15) is 15.9 Å². The van der Waals surface area contributed by atoms with Crippen LogP contribution in [0.2, 0.25) is 0 Å². The van der Waals surface area contributed by atoms with E-state index in [1.807, 2.05) is 26.1 Å². The Morgan fingerprint density at radius 3 is 2.45 bits per heavy atom. The van der Waals surface area contributed by atoms with E-state index in [0.29, 0.717) is 15.7 Å². The van der Waals surface area contributed by atoms with Gasteiger partial charge in [0.15, 0.2) is 0 Å². The molecule has 5 heteroatoms. The van der Waals surface area contributed by atoms with Crippen molar-refractivity contribution in [2.24, 2.45) is 0 Å². The molecule has 0 aromatic heterocycles. The topological polar surface area (TPSA) is 41.1 Å². The van der Waals surface area contributed by atoms with Gasteiger partial charge < -0.3 is 10.6 Å². The van der Waals surface area contributed by atoms with Crippen LogP contribution in [0.15, 0.2) is 40.9 Å². The van der Waals surface area contributed by atoms with Crippen LogP contribution in [0.5, 0.6) is 0 Å². The van der Waals surface area contributed by atoms with Crippen LogP contribution in [0, 0.1) is 12.7 Å². The van der Waals surface area contributed by atoms with Crippen molar-refractivity contribution < 1.29 is 9.18 Å². The summed E-state index contributed by atoms with van der Waals surface area (Å²) in [4.78, 5) is 12.2. The zero-order valence-electron chi connectivity index (χ0n) is 11.1. The fraction of sp³-hybridized carbons (Fsp3) is 0.133. The van der Waals surface area contributed by atoms with Crippen LogP contribution < -0.4 is 10.6 Å². The average Bonchev–Trinajstić information content (AvgIpc) is 2.42. The van der Waals surface area contributed by atoms with Gasteiger partial charge in [-0.25, -0.2) is 4.39 Å². The summed E-state index contributed by atoms with van der Waals surface area (Å²) in [5.74, 6) is -0.670. The molecule has 20 heavy (non-hydrogen) atoms. The Bertz CT molecular complexity index is 658. The lowest BCUT2D eigenvalue weighted by atomic mass is 10.1. The van der Waals surface area contributed by atoms with E-state index in [1.54, 1.807) is 18.2 Å². The Kier molecular flexibility index (Phi) is 4.39. The number of nitrogens with one attached hydrogen (secondary N) is 2. The number of aryl methyl sites for hydroxylation is 1. The lowest BCUT2D eigenvalue weighted by molar-refractivity contribution is 0.102. The Morgan fingerprint density at radius 2 is 1.85 bits per heavy atom. The van der Waals surface area contributed by atoms with E-state index in [4.69, 9.17) is 0 Å². The van der Waals surface area contributed by atoms with E-state index in [1.165, 1.54) is 6.07 Å². The SMILES string of the molecule is CNc1ccc(C(=O)Nc2ccc(Br)c(F)c2)c(C)c1. The van der Waals surface area contributed by atoms with Crippen LogP contribution in [0.4, 0.5) is 15.8 Å². The van der Waals surface area contributed by atoms with E-state index >= 15 is 0 Å². The maximum Gasteiger partial charge on any atom is 0.255 e. The molecular weight excluding hydrogens is 323 g/mol. The number of benzene rings is 2. The monoisotopic (exact) mass is 336 g/mol. The number of hydrogen-bond donors (Lipinski definition) is 2. The normalized spacial score (nSPS) is 10.2. The largest absolute Gasteiger partial charge is 0.388 e. The van der Waals surface area contributed by atoms with Crippen molar-refractivity contribution in [2.45, 2.75) is 6.92 Å². The average molecular weight is 337 g/mol. The first kappa shape index (κ1) is 14.5. The Balaban J connectivity index is 2.21. The van der Waals surface area contributed by atoms with E-state index < -0.39 is 5.82 Å². The molecule has 0 aliphatic rings. The highest BCUT2D eigenvalue weighted by Gasteiger charge is 2.10. The third-order valence-electron chi connectivity index (χ3n) is 2.94. The van der Waals surface area contributed by atoms with Gasteiger partial charge in [-0.3, -0.25) is 4.79 Å². The number of carbonyl (C=O) groups excluding carboxylic acids is 1. The molecule has 1 amide bonds. The molecule has 0 aliphatic carbocycles. The van der Waals surface area contributed by atoms with Gasteiger partial charge >= 0.3 is 0 Å². The predicted octanol–water partition coefficient (Wildman–Crippen LogP) is 4.19. The Hall–Kier alpha value is -1.88. The molecule has 0 spiro atoms. The molecule has 3 nitrogen and oxygen atoms in total. The Labute approximate surface area is 125 Å². The first-order valence-corrected chi connectivity index (χ1v) is 6.85. The van der Waals surface area contributed by atoms with Gasteiger partial charge in [0.1, 0.15) is 5.82 Å². The number of amides is 1. The summed E-state index contributed by atoms with van der Waals surface area (Å²) in [6.07, 6.45) is 0. The summed E-state index contributed by atoms with van der Waals surface area (Å²) >= 11 is 3.07. The smallest absolute Gasteiger partial charge is 0.255 e. The molecule has 2 aromatic carbocycles. The second kappa shape index (κ2) is 6.05. The van der Waals surface area contributed by atoms with Gasteiger partial charge in [-0.05, 0) is 64.8 Å². The van der Waals surface area contributed by atoms with E-state index in [9.17, 15) is 9.18 Å². The number of rotatable bonds is 3. The molecule has 2 rings (SSSR count). The summed E-state index contributed by atoms with van der Waals surface area (Å²) < 4.78 is 13.8. The van der Waals surface area contributed by atoms with E-state index in [0.717, 1.165) is 11.3 Å². The predicted molar refractivity (Wildman–Crippen MR) is 82.8 cm³/mol. The second-order valence-corrected chi connectivity index (χ2v) is 5.22. The second-order valence-electron chi connectivity index (χ2n) is 4.36. The fourth-order valence-corrected chi connectivity index (χ4v) is 2.09. The third-order valence-corrected chi connectivity index (χ3v) is 3.58. The van der Waals surface area contributed by atoms with Crippen molar-refractivity contribution in [3.8, 4) is 0 Å². The number of anilines is 2. The zero-order valence-corrected chi connectivity index (χ0v) is 12.7. The van der Waals surface area contributed by atoms with Crippen LogP contribution >= 0.6 is 15.9 Å². The summed E-state index contributed by atoms with van der Waals surface area (Å²) in [6, 6.07) is 9.93. The minimum absolute atomic E-state index is 0.258. The molecule has 0 saturated carbocycles. The summed E-state index contributed by atoms with van der Waals surface area (Å²) in [7, 11) is 1.82. The molecule has 0 saturated heterocycles. The van der Waals surface area contributed by atoms with Gasteiger partial charge in [0.2, 0.25) is 0 Å². The first-order chi connectivity index (χ1) is 9.51. The van der Waals surface area contributed by atoms with Gasteiger partial charge in [0, 0.05) is 24.0 Å². The number of carbonyl (C=O) groups is 1. The van der Waals surface area contributed by atoms with Crippen molar-refractivity contribution in [3.05, 3.63) is 57.8 Å². The van der Waals surface area contributed by atoms with Crippen molar-refractivity contribution in [2.75, 3.05) is 17.7 Å². The lowest BCUT2D eigenvalue weighted by Gasteiger charge is -2.10. The van der Waals surface area contributed by atoms with Crippen LogP contribution in [0.25, 0.3) is 0 Å². The van der Waals surface area contributed by atoms with Crippen molar-refractivity contribution in [1.29, 1.82) is 0 Å². The highest BCUT2D eigenvalue weighted by molar-refractivity contribution is 9.10. The minimum atomic E-state index is -0.412. The van der Waals surface area contributed by atoms with Crippen LogP contribution in [0.3, 0.4) is 0 Å². The van der Waals surface area contributed by atoms with Gasteiger partial charge in [0.05, 0.1) is 4.47 Å². The number of hydrogen-bond acceptors (Lipinski definition) is 2. The molecule has 0 heterocycles. The van der Waals surface area contributed by atoms with E-state index in [-0.39, 0.29) is 5.91 Å². The molecule has 0 atom stereocenters. The fourth-order valence-electron chi connectivity index (χ4n) is 1.85. The van der Waals surface area contributed by atoms with Gasteiger partial charge in [-0.2, -0.15) is 0 Å². The van der Waals surface area contributed by atoms with Gasteiger partial charge in [-0.1, -0.05) is 0 Å². The molecule has 104 valence electrons. The van der Waals surface area contributed by atoms with Crippen molar-refractivity contribution in [1.82, 2.24) is 0 Å². The molecule has 0 fully saturated rings. The van der Waals surface area contributed by atoms with Gasteiger partial charge in [0.25, 0.3) is 5.91 Å². The number of halogens is 2. The van der Waals surface area contributed by atoms with Crippen LogP contribution in [-0.2, 0) is 0 Å². The maximum atomic E-state index is 13.4.